The van der Waals surface area contributed by atoms with Crippen LogP contribution in [0.1, 0.15) is 106 Å². The summed E-state index contributed by atoms with van der Waals surface area (Å²) in [6.07, 6.45) is -0.225. The minimum Gasteiger partial charge on any atom is -0.508 e. The van der Waals surface area contributed by atoms with Crippen molar-refractivity contribution < 1.29 is 91.7 Å². The third-order valence-electron chi connectivity index (χ3n) is 20.4. The molecule has 3 heterocycles. The van der Waals surface area contributed by atoms with E-state index in [1.165, 1.54) is 42.3 Å². The number of aliphatic hydroxyl groups is 1. The van der Waals surface area contributed by atoms with Crippen LogP contribution in [0.3, 0.4) is 0 Å². The summed E-state index contributed by atoms with van der Waals surface area (Å²) in [5.74, 6) is -15.8. The molecule has 0 bridgehead atoms. The standard InChI is InChI=1S/C82H112N22O19S2/c1-43(81(122)104-39-48-14-5-4-13-47(48)36-65(104)79(120)89-31-32-123-40-68(110)95-56(70(86)111)19-10-11-29-83)93-71(112)57(20-12-30-90-82(87)88)96-75(116)61(34-49-37-91-54-17-8-6-15-52(49)54)100-74(115)60(33-46-21-23-51(107)24-22-46)99-78(119)64(42-125)102-72(113)58(25-27-66(84)108)97-76(117)62(35-50-38-92-55-18-9-7-16-53(50)55)101-80(121)69(44(2)105)103-73(114)59(26-28-67(85)109)98-77(118)63(41-124)94-45(3)106/h4-9,13-18,21-24,37-38,43-44,56-65,69,91-92,105,107,124-125H,10-12,19-20,25-36,39-42,83H2,1-3H3,(H2,84,108)(H2,85,109)(H2,86,111)(H,89,120)(H,93,112)(H,94,106)(H,95,110)(H,96,116)(H,97,117)(H,98,118)(H,99,119)(H,100,115)(H,101,121)(H,102,113)(H,103,114)(H4,87,88,90)/t43-,44+,56+,57-,58-,59-,60-,61-,62-,63-,64-,65-,69-/m0/s1. The summed E-state index contributed by atoms with van der Waals surface area (Å²) in [5, 5.41) is 63.8. The molecule has 0 saturated heterocycles. The summed E-state index contributed by atoms with van der Waals surface area (Å²) in [4.78, 5) is 229. The van der Waals surface area contributed by atoms with Gasteiger partial charge in [0.1, 0.15) is 84.9 Å². The summed E-state index contributed by atoms with van der Waals surface area (Å²) in [5.41, 5.74) is 31.6. The molecule has 1 aliphatic rings. The van der Waals surface area contributed by atoms with Crippen LogP contribution >= 0.6 is 25.3 Å². The lowest BCUT2D eigenvalue weighted by Gasteiger charge is -2.37. The van der Waals surface area contributed by atoms with Gasteiger partial charge in [-0.2, -0.15) is 25.3 Å². The number of para-hydroxylation sites is 2. The number of aromatic hydroxyl groups is 1. The number of aromatic nitrogens is 2. The van der Waals surface area contributed by atoms with Crippen molar-refractivity contribution in [1.82, 2.24) is 84.0 Å². The molecule has 13 atom stereocenters. The Kier molecular flexibility index (Phi) is 39.2. The van der Waals surface area contributed by atoms with Crippen LogP contribution in [0.15, 0.2) is 109 Å². The highest BCUT2D eigenvalue weighted by atomic mass is 32.1. The van der Waals surface area contributed by atoms with Crippen LogP contribution in [0.5, 0.6) is 5.75 Å². The largest absolute Gasteiger partial charge is 0.508 e. The number of H-pyrrole nitrogens is 2. The third-order valence-corrected chi connectivity index (χ3v) is 21.2. The predicted molar refractivity (Wildman–Crippen MR) is 464 cm³/mol. The molecular weight excluding hydrogens is 1660 g/mol. The molecule has 0 fully saturated rings. The molecule has 0 unspecified atom stereocenters. The van der Waals surface area contributed by atoms with Gasteiger partial charge in [-0.05, 0) is 117 Å². The van der Waals surface area contributed by atoms with Crippen LogP contribution in [-0.4, -0.2) is 249 Å². The number of ether oxygens (including phenoxy) is 1. The van der Waals surface area contributed by atoms with Crippen molar-refractivity contribution in [2.75, 3.05) is 44.4 Å². The monoisotopic (exact) mass is 1770 g/mol. The zero-order chi connectivity index (χ0) is 91.6. The molecule has 125 heavy (non-hydrogen) atoms. The Hall–Kier alpha value is -12.9. The second-order valence-electron chi connectivity index (χ2n) is 30.1. The fraction of sp³-hybridized carbons (Fsp3) is 0.451. The topological polar surface area (TPSA) is 668 Å². The van der Waals surface area contributed by atoms with Crippen molar-refractivity contribution in [3.8, 4) is 5.75 Å². The van der Waals surface area contributed by atoms with E-state index in [4.69, 9.17) is 38.8 Å². The SMILES string of the molecule is CC(=O)N[C@@H](CS)C(=O)N[C@@H](CCC(N)=O)C(=O)N[C@H](C(=O)N[C@@H](Cc1c[nH]c2ccccc12)C(=O)N[C@@H](CCC(N)=O)C(=O)N[C@@H](CS)C(=O)N[C@@H](Cc1ccc(O)cc1)C(=O)N[C@@H](Cc1c[nH]c2ccccc12)C(=O)N[C@@H](CCCNC(=N)N)C(=O)N[C@@H](C)C(=O)N1Cc2ccccc2C[C@H]1C(=O)NCCOCC(=O)N[C@H](CCCCN)C(N)=O)[C@@H](C)O. The maximum atomic E-state index is 15.3. The number of hydrogen-bond acceptors (Lipinski definition) is 23. The molecule has 0 radical (unpaired) electrons. The minimum atomic E-state index is -1.91. The van der Waals surface area contributed by atoms with Gasteiger partial charge < -0.3 is 128 Å². The number of hydrogen-bond donors (Lipinski definition) is 25. The van der Waals surface area contributed by atoms with E-state index in [1.54, 1.807) is 72.9 Å². The lowest BCUT2D eigenvalue weighted by atomic mass is 9.93. The fourth-order valence-corrected chi connectivity index (χ4v) is 14.3. The maximum Gasteiger partial charge on any atom is 0.246 e. The van der Waals surface area contributed by atoms with E-state index in [-0.39, 0.29) is 82.7 Å². The summed E-state index contributed by atoms with van der Waals surface area (Å²) in [6, 6.07) is 8.23. The Morgan fingerprint density at radius 2 is 0.968 bits per heavy atom. The lowest BCUT2D eigenvalue weighted by molar-refractivity contribution is -0.144. The average Bonchev–Trinajstić information content (AvgIpc) is 1.57. The van der Waals surface area contributed by atoms with Crippen LogP contribution in [0.2, 0.25) is 0 Å². The second kappa shape index (κ2) is 49.4. The second-order valence-corrected chi connectivity index (χ2v) is 30.8. The van der Waals surface area contributed by atoms with Crippen molar-refractivity contribution in [3.63, 3.8) is 0 Å². The number of nitrogens with two attached hydrogens (primary N) is 5. The first-order chi connectivity index (χ1) is 59.6. The highest BCUT2D eigenvalue weighted by Gasteiger charge is 2.41. The first-order valence-corrected chi connectivity index (χ1v) is 41.8. The van der Waals surface area contributed by atoms with Crippen LogP contribution in [0.4, 0.5) is 0 Å². The van der Waals surface area contributed by atoms with Gasteiger partial charge >= 0.3 is 0 Å². The number of phenols is 1. The van der Waals surface area contributed by atoms with Gasteiger partial charge in [0.05, 0.1) is 12.7 Å². The highest BCUT2D eigenvalue weighted by molar-refractivity contribution is 7.80. The van der Waals surface area contributed by atoms with E-state index >= 15 is 9.59 Å². The molecule has 6 aromatic rings. The summed E-state index contributed by atoms with van der Waals surface area (Å²) in [7, 11) is 0. The number of benzene rings is 4. The van der Waals surface area contributed by atoms with E-state index in [9.17, 15) is 77.3 Å². The number of carbonyl (C=O) groups is 16. The molecule has 7 rings (SSSR count). The molecule has 1 aliphatic heterocycles. The molecule has 676 valence electrons. The third kappa shape index (κ3) is 31.1. The molecule has 2 aromatic heterocycles. The van der Waals surface area contributed by atoms with E-state index in [0.717, 1.165) is 19.4 Å². The minimum absolute atomic E-state index is 0.0172. The molecule has 41 nitrogen and oxygen atoms in total. The molecular formula is C82H112N22O19S2. The van der Waals surface area contributed by atoms with Gasteiger partial charge in [0.25, 0.3) is 0 Å². The molecule has 16 amide bonds. The molecule has 28 N–H and O–H groups in total. The number of aromatic amines is 2. The van der Waals surface area contributed by atoms with Crippen LogP contribution in [0, 0.1) is 5.41 Å². The molecule has 0 spiro atoms. The number of guanidine groups is 1. The zero-order valence-corrected chi connectivity index (χ0v) is 71.1. The van der Waals surface area contributed by atoms with Gasteiger partial charge in [0.2, 0.25) is 94.5 Å². The number of primary amides is 3. The van der Waals surface area contributed by atoms with Gasteiger partial charge in [0.15, 0.2) is 5.96 Å². The molecule has 43 heteroatoms. The van der Waals surface area contributed by atoms with Crippen molar-refractivity contribution in [2.24, 2.45) is 28.7 Å². The Morgan fingerprint density at radius 3 is 1.48 bits per heavy atom. The van der Waals surface area contributed by atoms with E-state index in [0.29, 0.717) is 63.4 Å². The van der Waals surface area contributed by atoms with Gasteiger partial charge in [0, 0.05) is 111 Å². The van der Waals surface area contributed by atoms with Crippen LogP contribution in [-0.2, 0) is 114 Å². The number of rotatable bonds is 51. The first kappa shape index (κ1) is 99.2. The number of aliphatic hydroxyl groups excluding tert-OH is 1. The summed E-state index contributed by atoms with van der Waals surface area (Å²) in [6.45, 7) is 3.25. The number of thiol groups is 2. The quantitative estimate of drug-likeness (QED) is 0.00741. The Labute approximate surface area is 730 Å². The van der Waals surface area contributed by atoms with Gasteiger partial charge in [-0.3, -0.25) is 82.1 Å². The highest BCUT2D eigenvalue weighted by Crippen LogP contribution is 2.26. The molecule has 4 aromatic carbocycles. The zero-order valence-electron chi connectivity index (χ0n) is 69.3. The number of carbonyl (C=O) groups excluding carboxylic acids is 16. The van der Waals surface area contributed by atoms with E-state index in [1.807, 2.05) is 6.07 Å². The smallest absolute Gasteiger partial charge is 0.246 e. The first-order valence-electron chi connectivity index (χ1n) is 40.5. The fourth-order valence-electron chi connectivity index (χ4n) is 13.8. The van der Waals surface area contributed by atoms with Crippen molar-refractivity contribution in [1.29, 1.82) is 5.41 Å². The maximum absolute atomic E-state index is 15.3. The molecule has 0 saturated carbocycles. The van der Waals surface area contributed by atoms with Crippen LogP contribution in [0.25, 0.3) is 21.8 Å². The van der Waals surface area contributed by atoms with Gasteiger partial charge in [-0.15, -0.1) is 0 Å². The number of phenolic OH excluding ortho intramolecular Hbond substituents is 1. The number of unbranched alkanes of at least 4 members (excludes halogenated alkanes) is 1. The van der Waals surface area contributed by atoms with E-state index in [2.05, 4.69) is 104 Å². The average molecular weight is 1770 g/mol. The van der Waals surface area contributed by atoms with Gasteiger partial charge in [-0.1, -0.05) is 72.8 Å². The lowest BCUT2D eigenvalue weighted by Crippen LogP contribution is -2.62. The van der Waals surface area contributed by atoms with Crippen LogP contribution < -0.4 is 97.8 Å². The van der Waals surface area contributed by atoms with Crippen molar-refractivity contribution in [2.45, 2.75) is 189 Å². The normalized spacial score (nSPS) is 15.2. The van der Waals surface area contributed by atoms with Crippen molar-refractivity contribution in [3.05, 3.63) is 137 Å². The number of amides is 16. The Balaban J connectivity index is 1.12. The summed E-state index contributed by atoms with van der Waals surface area (Å²) >= 11 is 8.50. The summed E-state index contributed by atoms with van der Waals surface area (Å²) < 4.78 is 5.50. The number of nitrogens with zero attached hydrogens (tertiary/aromatic N) is 1. The van der Waals surface area contributed by atoms with Crippen molar-refractivity contribution >= 4 is 148 Å². The number of nitrogens with one attached hydrogen (secondary N) is 16. The van der Waals surface area contributed by atoms with E-state index < -0.39 is 217 Å². The van der Waals surface area contributed by atoms with Gasteiger partial charge in [-0.25, -0.2) is 0 Å². The predicted octanol–water partition coefficient (Wildman–Crippen LogP) is -4.51. The Morgan fingerprint density at radius 1 is 0.512 bits per heavy atom. The molecule has 0 aliphatic carbocycles. The number of fused-ring (bicyclic) bond motifs is 3. The Bertz CT molecular complexity index is 4820.